The lowest BCUT2D eigenvalue weighted by Gasteiger charge is -2.26. The van der Waals surface area contributed by atoms with Crippen LogP contribution in [0.4, 0.5) is 4.39 Å². The summed E-state index contributed by atoms with van der Waals surface area (Å²) in [6.07, 6.45) is 0.598. The highest BCUT2D eigenvalue weighted by molar-refractivity contribution is 9.10. The van der Waals surface area contributed by atoms with Gasteiger partial charge in [-0.2, -0.15) is 0 Å². The minimum atomic E-state index is -0.727. The van der Waals surface area contributed by atoms with E-state index in [4.69, 9.17) is 5.73 Å². The number of hydrogen-bond acceptors (Lipinski definition) is 1. The fourth-order valence-electron chi connectivity index (χ4n) is 2.06. The zero-order valence-corrected chi connectivity index (χ0v) is 11.7. The molecule has 2 aromatic rings. The normalized spacial score (nSPS) is 14.2. The third-order valence-corrected chi connectivity index (χ3v) is 3.59. The Morgan fingerprint density at radius 2 is 1.78 bits per heavy atom. The van der Waals surface area contributed by atoms with Crippen molar-refractivity contribution in [3.63, 3.8) is 0 Å². The first-order chi connectivity index (χ1) is 8.50. The molecule has 2 aromatic carbocycles. The molecule has 0 fully saturated rings. The molecule has 0 saturated heterocycles. The van der Waals surface area contributed by atoms with E-state index in [1.807, 2.05) is 37.3 Å². The average molecular weight is 308 g/mol. The summed E-state index contributed by atoms with van der Waals surface area (Å²) in [5.41, 5.74) is 7.18. The summed E-state index contributed by atoms with van der Waals surface area (Å²) in [6.45, 7) is 1.85. The zero-order valence-electron chi connectivity index (χ0n) is 10.2. The highest BCUT2D eigenvalue weighted by Gasteiger charge is 2.25. The fraction of sp³-hybridized carbons (Fsp3) is 0.200. The van der Waals surface area contributed by atoms with Crippen LogP contribution in [0.5, 0.6) is 0 Å². The van der Waals surface area contributed by atoms with Gasteiger partial charge in [-0.1, -0.05) is 42.5 Å². The van der Waals surface area contributed by atoms with E-state index in [2.05, 4.69) is 15.9 Å². The van der Waals surface area contributed by atoms with Crippen LogP contribution in [-0.4, -0.2) is 0 Å². The van der Waals surface area contributed by atoms with Crippen LogP contribution in [0.15, 0.2) is 53.0 Å². The maximum absolute atomic E-state index is 14.1. The first-order valence-corrected chi connectivity index (χ1v) is 6.57. The smallest absolute Gasteiger partial charge is 0.142 e. The predicted octanol–water partition coefficient (Wildman–Crippen LogP) is 4.00. The van der Waals surface area contributed by atoms with Gasteiger partial charge in [-0.15, -0.1) is 0 Å². The van der Waals surface area contributed by atoms with Crippen molar-refractivity contribution >= 4 is 15.9 Å². The summed E-state index contributed by atoms with van der Waals surface area (Å²) >= 11 is 3.19. The summed E-state index contributed by atoms with van der Waals surface area (Å²) in [4.78, 5) is 0. The van der Waals surface area contributed by atoms with Gasteiger partial charge in [0.15, 0.2) is 0 Å². The van der Waals surface area contributed by atoms with E-state index in [0.29, 0.717) is 16.5 Å². The zero-order chi connectivity index (χ0) is 13.2. The van der Waals surface area contributed by atoms with Crippen molar-refractivity contribution in [3.05, 3.63) is 69.9 Å². The Balaban J connectivity index is 2.33. The molecule has 0 spiro atoms. The Hall–Kier alpha value is -1.19. The highest BCUT2D eigenvalue weighted by Crippen LogP contribution is 2.28. The molecule has 2 rings (SSSR count). The fourth-order valence-corrected chi connectivity index (χ4v) is 2.43. The van der Waals surface area contributed by atoms with Gasteiger partial charge in [-0.05, 0) is 40.9 Å². The van der Waals surface area contributed by atoms with E-state index < -0.39 is 5.54 Å². The SMILES string of the molecule is CC(N)(Cc1ccccc1)c1cccc(Br)c1F. The molecule has 0 heterocycles. The van der Waals surface area contributed by atoms with Crippen molar-refractivity contribution in [1.29, 1.82) is 0 Å². The van der Waals surface area contributed by atoms with Crippen LogP contribution in [0.3, 0.4) is 0 Å². The van der Waals surface area contributed by atoms with Gasteiger partial charge in [0.2, 0.25) is 0 Å². The van der Waals surface area contributed by atoms with E-state index in [1.165, 1.54) is 0 Å². The van der Waals surface area contributed by atoms with Crippen molar-refractivity contribution in [1.82, 2.24) is 0 Å². The minimum Gasteiger partial charge on any atom is -0.321 e. The molecule has 1 atom stereocenters. The number of benzene rings is 2. The molecule has 1 unspecified atom stereocenters. The Labute approximate surface area is 115 Å². The van der Waals surface area contributed by atoms with Gasteiger partial charge in [0.1, 0.15) is 5.82 Å². The lowest BCUT2D eigenvalue weighted by Crippen LogP contribution is -2.36. The van der Waals surface area contributed by atoms with Crippen molar-refractivity contribution < 1.29 is 4.39 Å². The van der Waals surface area contributed by atoms with Gasteiger partial charge in [0.05, 0.1) is 4.47 Å². The highest BCUT2D eigenvalue weighted by atomic mass is 79.9. The first-order valence-electron chi connectivity index (χ1n) is 5.78. The molecule has 0 aromatic heterocycles. The van der Waals surface area contributed by atoms with E-state index in [0.717, 1.165) is 5.56 Å². The predicted molar refractivity (Wildman–Crippen MR) is 75.8 cm³/mol. The number of rotatable bonds is 3. The Morgan fingerprint density at radius 3 is 2.44 bits per heavy atom. The first kappa shape index (κ1) is 13.2. The molecule has 0 bridgehead atoms. The molecule has 94 valence electrons. The third-order valence-electron chi connectivity index (χ3n) is 2.98. The Kier molecular flexibility index (Phi) is 3.83. The van der Waals surface area contributed by atoms with Crippen LogP contribution >= 0.6 is 15.9 Å². The molecule has 2 N–H and O–H groups in total. The molecule has 1 nitrogen and oxygen atoms in total. The largest absolute Gasteiger partial charge is 0.321 e. The third kappa shape index (κ3) is 2.79. The van der Waals surface area contributed by atoms with Gasteiger partial charge in [0.25, 0.3) is 0 Å². The number of halogens is 2. The lowest BCUT2D eigenvalue weighted by atomic mass is 9.86. The van der Waals surface area contributed by atoms with Gasteiger partial charge in [-0.25, -0.2) is 4.39 Å². The maximum Gasteiger partial charge on any atom is 0.142 e. The molecule has 0 aliphatic carbocycles. The van der Waals surface area contributed by atoms with Crippen molar-refractivity contribution in [2.24, 2.45) is 5.73 Å². The van der Waals surface area contributed by atoms with Gasteiger partial charge in [-0.3, -0.25) is 0 Å². The van der Waals surface area contributed by atoms with Crippen molar-refractivity contribution in [3.8, 4) is 0 Å². The summed E-state index contributed by atoms with van der Waals surface area (Å²) < 4.78 is 14.5. The Bertz CT molecular complexity index is 537. The second-order valence-corrected chi connectivity index (χ2v) is 5.54. The van der Waals surface area contributed by atoms with Crippen LogP contribution in [-0.2, 0) is 12.0 Å². The van der Waals surface area contributed by atoms with Crippen LogP contribution in [0.25, 0.3) is 0 Å². The van der Waals surface area contributed by atoms with Gasteiger partial charge in [0, 0.05) is 11.1 Å². The summed E-state index contributed by atoms with van der Waals surface area (Å²) in [5.74, 6) is -0.279. The van der Waals surface area contributed by atoms with Crippen LogP contribution in [0.2, 0.25) is 0 Å². The van der Waals surface area contributed by atoms with Crippen molar-refractivity contribution in [2.75, 3.05) is 0 Å². The molecule has 0 aliphatic rings. The lowest BCUT2D eigenvalue weighted by molar-refractivity contribution is 0.455. The molecule has 3 heteroatoms. The average Bonchev–Trinajstić information content (AvgIpc) is 2.33. The van der Waals surface area contributed by atoms with Gasteiger partial charge < -0.3 is 5.73 Å². The molecule has 0 aliphatic heterocycles. The summed E-state index contributed by atoms with van der Waals surface area (Å²) in [5, 5.41) is 0. The van der Waals surface area contributed by atoms with E-state index in [9.17, 15) is 4.39 Å². The molecule has 0 saturated carbocycles. The quantitative estimate of drug-likeness (QED) is 0.911. The van der Waals surface area contributed by atoms with Crippen LogP contribution < -0.4 is 5.73 Å². The standard InChI is InChI=1S/C15H15BrFN/c1-15(18,10-11-6-3-2-4-7-11)12-8-5-9-13(16)14(12)17/h2-9H,10,18H2,1H3. The van der Waals surface area contributed by atoms with Crippen LogP contribution in [0.1, 0.15) is 18.1 Å². The number of nitrogens with two attached hydrogens (primary N) is 1. The number of hydrogen-bond donors (Lipinski definition) is 1. The molecular weight excluding hydrogens is 293 g/mol. The van der Waals surface area contributed by atoms with E-state index in [1.54, 1.807) is 18.2 Å². The second-order valence-electron chi connectivity index (χ2n) is 4.68. The molecule has 18 heavy (non-hydrogen) atoms. The maximum atomic E-state index is 14.1. The molecular formula is C15H15BrFN. The second kappa shape index (κ2) is 5.21. The summed E-state index contributed by atoms with van der Waals surface area (Å²) in [7, 11) is 0. The molecule has 0 radical (unpaired) electrons. The summed E-state index contributed by atoms with van der Waals surface area (Å²) in [6, 6.07) is 15.1. The Morgan fingerprint density at radius 1 is 1.11 bits per heavy atom. The molecule has 0 amide bonds. The minimum absolute atomic E-state index is 0.279. The van der Waals surface area contributed by atoms with Gasteiger partial charge >= 0.3 is 0 Å². The topological polar surface area (TPSA) is 26.0 Å². The monoisotopic (exact) mass is 307 g/mol. The van der Waals surface area contributed by atoms with E-state index >= 15 is 0 Å². The van der Waals surface area contributed by atoms with E-state index in [-0.39, 0.29) is 5.82 Å². The van der Waals surface area contributed by atoms with Crippen molar-refractivity contribution in [2.45, 2.75) is 18.9 Å². The van der Waals surface area contributed by atoms with Crippen LogP contribution in [0, 0.1) is 5.82 Å².